The molecule has 6 heteroatoms. The molecule has 0 fully saturated rings. The third kappa shape index (κ3) is 3.80. The van der Waals surface area contributed by atoms with Gasteiger partial charge >= 0.3 is 0 Å². The van der Waals surface area contributed by atoms with E-state index in [1.165, 1.54) is 6.07 Å². The second kappa shape index (κ2) is 6.70. The first-order valence-corrected chi connectivity index (χ1v) is 6.99. The van der Waals surface area contributed by atoms with Gasteiger partial charge in [-0.3, -0.25) is 4.79 Å². The van der Waals surface area contributed by atoms with E-state index < -0.39 is 0 Å². The third-order valence-corrected chi connectivity index (χ3v) is 3.45. The molecule has 21 heavy (non-hydrogen) atoms. The molecule has 110 valence electrons. The van der Waals surface area contributed by atoms with Crippen molar-refractivity contribution >= 4 is 34.8 Å². The Morgan fingerprint density at radius 2 is 2.00 bits per heavy atom. The highest BCUT2D eigenvalue weighted by atomic mass is 35.5. The number of halogens is 2. The van der Waals surface area contributed by atoms with Gasteiger partial charge in [-0.25, -0.2) is 0 Å². The summed E-state index contributed by atoms with van der Waals surface area (Å²) >= 11 is 11.8. The van der Waals surface area contributed by atoms with Gasteiger partial charge in [-0.05, 0) is 30.3 Å². The average molecular weight is 325 g/mol. The van der Waals surface area contributed by atoms with Crippen LogP contribution >= 0.6 is 23.2 Å². The van der Waals surface area contributed by atoms with Crippen molar-refractivity contribution in [2.75, 3.05) is 12.4 Å². The molecule has 0 aliphatic rings. The van der Waals surface area contributed by atoms with E-state index in [0.29, 0.717) is 22.7 Å². The number of amides is 1. The molecule has 2 aromatic carbocycles. The van der Waals surface area contributed by atoms with Gasteiger partial charge in [0.25, 0.3) is 5.91 Å². The lowest BCUT2D eigenvalue weighted by atomic mass is 10.1. The second-order valence-electron chi connectivity index (χ2n) is 4.41. The maximum atomic E-state index is 11.6. The molecular formula is C15H14Cl2N2O2. The van der Waals surface area contributed by atoms with Crippen LogP contribution in [0.4, 0.5) is 5.69 Å². The smallest absolute Gasteiger partial charge is 0.251 e. The van der Waals surface area contributed by atoms with E-state index in [0.717, 1.165) is 5.69 Å². The first-order valence-electron chi connectivity index (χ1n) is 6.24. The quantitative estimate of drug-likeness (QED) is 0.804. The highest BCUT2D eigenvalue weighted by molar-refractivity contribution is 6.35. The Kier molecular flexibility index (Phi) is 4.94. The lowest BCUT2D eigenvalue weighted by Crippen LogP contribution is -2.17. The summed E-state index contributed by atoms with van der Waals surface area (Å²) in [6, 6.07) is 10.2. The van der Waals surface area contributed by atoms with E-state index in [1.54, 1.807) is 31.3 Å². The molecule has 2 rings (SSSR count). The van der Waals surface area contributed by atoms with Gasteiger partial charge in [0, 0.05) is 35.4 Å². The standard InChI is InChI=1S/C15H14Cl2N2O2/c1-18-15(21)9-3-2-4-12(6-9)19-8-10-5-11(16)7-13(17)14(10)20/h2-7,19-20H,8H2,1H3,(H,18,21). The molecule has 0 heterocycles. The summed E-state index contributed by atoms with van der Waals surface area (Å²) < 4.78 is 0. The number of benzene rings is 2. The topological polar surface area (TPSA) is 61.4 Å². The maximum absolute atomic E-state index is 11.6. The number of carbonyl (C=O) groups is 1. The van der Waals surface area contributed by atoms with Crippen LogP contribution in [-0.4, -0.2) is 18.1 Å². The molecule has 0 atom stereocenters. The molecule has 0 saturated heterocycles. The fraction of sp³-hybridized carbons (Fsp3) is 0.133. The number of aromatic hydroxyl groups is 1. The number of rotatable bonds is 4. The Morgan fingerprint density at radius 1 is 1.24 bits per heavy atom. The van der Waals surface area contributed by atoms with Crippen molar-refractivity contribution in [2.45, 2.75) is 6.54 Å². The van der Waals surface area contributed by atoms with Gasteiger partial charge in [-0.15, -0.1) is 0 Å². The number of anilines is 1. The molecule has 0 aliphatic heterocycles. The predicted octanol–water partition coefficient (Wildman–Crippen LogP) is 3.67. The first-order chi connectivity index (χ1) is 10.0. The molecule has 0 radical (unpaired) electrons. The van der Waals surface area contributed by atoms with Gasteiger partial charge < -0.3 is 15.7 Å². The monoisotopic (exact) mass is 324 g/mol. The molecule has 4 nitrogen and oxygen atoms in total. The lowest BCUT2D eigenvalue weighted by molar-refractivity contribution is 0.0963. The van der Waals surface area contributed by atoms with Crippen LogP contribution in [0.25, 0.3) is 0 Å². The Labute approximate surface area is 132 Å². The maximum Gasteiger partial charge on any atom is 0.251 e. The van der Waals surface area contributed by atoms with E-state index in [1.807, 2.05) is 6.07 Å². The summed E-state index contributed by atoms with van der Waals surface area (Å²) in [6.07, 6.45) is 0. The van der Waals surface area contributed by atoms with Crippen LogP contribution < -0.4 is 10.6 Å². The highest BCUT2D eigenvalue weighted by Crippen LogP contribution is 2.31. The largest absolute Gasteiger partial charge is 0.506 e. The van der Waals surface area contributed by atoms with Crippen molar-refractivity contribution in [3.63, 3.8) is 0 Å². The normalized spacial score (nSPS) is 10.2. The van der Waals surface area contributed by atoms with Gasteiger partial charge in [0.1, 0.15) is 5.75 Å². The number of hydrogen-bond acceptors (Lipinski definition) is 3. The molecule has 0 aliphatic carbocycles. The molecule has 0 spiro atoms. The minimum Gasteiger partial charge on any atom is -0.506 e. The number of carbonyl (C=O) groups excluding carboxylic acids is 1. The van der Waals surface area contributed by atoms with Crippen molar-refractivity contribution < 1.29 is 9.90 Å². The zero-order chi connectivity index (χ0) is 15.4. The van der Waals surface area contributed by atoms with Gasteiger partial charge in [0.2, 0.25) is 0 Å². The number of hydrogen-bond donors (Lipinski definition) is 3. The van der Waals surface area contributed by atoms with Crippen molar-refractivity contribution in [2.24, 2.45) is 0 Å². The summed E-state index contributed by atoms with van der Waals surface area (Å²) in [5, 5.41) is 16.2. The summed E-state index contributed by atoms with van der Waals surface area (Å²) in [5.41, 5.74) is 1.89. The number of phenols is 1. The number of nitrogens with one attached hydrogen (secondary N) is 2. The van der Waals surface area contributed by atoms with Crippen LogP contribution in [0.3, 0.4) is 0 Å². The van der Waals surface area contributed by atoms with Crippen molar-refractivity contribution in [3.05, 3.63) is 57.6 Å². The van der Waals surface area contributed by atoms with E-state index >= 15 is 0 Å². The summed E-state index contributed by atoms with van der Waals surface area (Å²) in [7, 11) is 1.58. The van der Waals surface area contributed by atoms with Gasteiger partial charge in [0.05, 0.1) is 5.02 Å². The van der Waals surface area contributed by atoms with E-state index in [-0.39, 0.29) is 16.7 Å². The fourth-order valence-electron chi connectivity index (χ4n) is 1.87. The van der Waals surface area contributed by atoms with Crippen LogP contribution in [0, 0.1) is 0 Å². The second-order valence-corrected chi connectivity index (χ2v) is 5.25. The van der Waals surface area contributed by atoms with Gasteiger partial charge in [-0.1, -0.05) is 29.3 Å². The van der Waals surface area contributed by atoms with Gasteiger partial charge in [-0.2, -0.15) is 0 Å². The third-order valence-electron chi connectivity index (χ3n) is 2.94. The van der Waals surface area contributed by atoms with Crippen LogP contribution in [0.15, 0.2) is 36.4 Å². The van der Waals surface area contributed by atoms with Gasteiger partial charge in [0.15, 0.2) is 0 Å². The summed E-state index contributed by atoms with van der Waals surface area (Å²) in [4.78, 5) is 11.6. The molecule has 0 aromatic heterocycles. The van der Waals surface area contributed by atoms with Crippen LogP contribution in [0.1, 0.15) is 15.9 Å². The Hall–Kier alpha value is -1.91. The van der Waals surface area contributed by atoms with Crippen molar-refractivity contribution in [3.8, 4) is 5.75 Å². The number of phenolic OH excluding ortho intramolecular Hbond substituents is 1. The summed E-state index contributed by atoms with van der Waals surface area (Å²) in [6.45, 7) is 0.337. The fourth-order valence-corrected chi connectivity index (χ4v) is 2.40. The van der Waals surface area contributed by atoms with E-state index in [2.05, 4.69) is 10.6 Å². The van der Waals surface area contributed by atoms with Crippen molar-refractivity contribution in [1.29, 1.82) is 0 Å². The molecule has 0 saturated carbocycles. The van der Waals surface area contributed by atoms with Crippen molar-refractivity contribution in [1.82, 2.24) is 5.32 Å². The molecule has 1 amide bonds. The minimum absolute atomic E-state index is 0.00368. The van der Waals surface area contributed by atoms with Crippen LogP contribution in [-0.2, 0) is 6.54 Å². The van der Waals surface area contributed by atoms with Crippen LogP contribution in [0.2, 0.25) is 10.0 Å². The Balaban J connectivity index is 2.15. The summed E-state index contributed by atoms with van der Waals surface area (Å²) in [5.74, 6) is -0.164. The molecular weight excluding hydrogens is 311 g/mol. The lowest BCUT2D eigenvalue weighted by Gasteiger charge is -2.11. The SMILES string of the molecule is CNC(=O)c1cccc(NCc2cc(Cl)cc(Cl)c2O)c1. The van der Waals surface area contributed by atoms with E-state index in [4.69, 9.17) is 23.2 Å². The van der Waals surface area contributed by atoms with E-state index in [9.17, 15) is 9.90 Å². The zero-order valence-electron chi connectivity index (χ0n) is 11.3. The highest BCUT2D eigenvalue weighted by Gasteiger charge is 2.08. The molecule has 0 bridgehead atoms. The minimum atomic E-state index is -0.160. The zero-order valence-corrected chi connectivity index (χ0v) is 12.8. The Morgan fingerprint density at radius 3 is 2.71 bits per heavy atom. The van der Waals surface area contributed by atoms with Crippen LogP contribution in [0.5, 0.6) is 5.75 Å². The Bertz CT molecular complexity index is 675. The molecule has 2 aromatic rings. The average Bonchev–Trinajstić information content (AvgIpc) is 2.49. The molecule has 3 N–H and O–H groups in total. The first kappa shape index (κ1) is 15.5. The predicted molar refractivity (Wildman–Crippen MR) is 85.3 cm³/mol. The molecule has 0 unspecified atom stereocenters.